The number of carbonyl (C=O) groups is 4. The highest BCUT2D eigenvalue weighted by Gasteiger charge is 2.42. The predicted octanol–water partition coefficient (Wildman–Crippen LogP) is 5.32. The molecule has 3 amide bonds. The van der Waals surface area contributed by atoms with Gasteiger partial charge in [-0.05, 0) is 70.6 Å². The van der Waals surface area contributed by atoms with Crippen LogP contribution in [-0.2, 0) is 14.3 Å². The Bertz CT molecular complexity index is 1720. The molecule has 0 spiro atoms. The lowest BCUT2D eigenvalue weighted by atomic mass is 9.84. The number of likely N-dealkylation sites (N-methyl/N-ethyl adjacent to an activating group) is 1. The van der Waals surface area contributed by atoms with Crippen molar-refractivity contribution in [1.82, 2.24) is 25.5 Å². The Labute approximate surface area is 323 Å². The van der Waals surface area contributed by atoms with Crippen molar-refractivity contribution in [2.45, 2.75) is 122 Å². The standard InChI is InChI=1S/C40H58N8O7/c1-7-30-36(50)46(5)31-21-41-38(45-34(31)48(30)27-14-10-11-15-27)43-29-17-16-25(20-32(29)54-6)35(49)42-26-18-19-47(22-26)23-28(24-12-8-9-13-24)33(37(51)52)44-39(53)55-40(2,3)4/h16-17,20-21,24,26-28,30,33H,7-15,18-19,22-23H2,1-6H3,(H,42,49)(H,44,53)(H,51,52)(H,41,43,45)/t26?,28?,30-,33+/m1/s1. The largest absolute Gasteiger partial charge is 0.495 e. The van der Waals surface area contributed by atoms with Crippen LogP contribution in [0.3, 0.4) is 0 Å². The van der Waals surface area contributed by atoms with E-state index in [1.54, 1.807) is 64.2 Å². The van der Waals surface area contributed by atoms with Gasteiger partial charge in [-0.15, -0.1) is 0 Å². The van der Waals surface area contributed by atoms with E-state index < -0.39 is 23.7 Å². The third-order valence-corrected chi connectivity index (χ3v) is 11.6. The van der Waals surface area contributed by atoms with E-state index in [1.165, 1.54) is 0 Å². The molecule has 15 nitrogen and oxygen atoms in total. The predicted molar refractivity (Wildman–Crippen MR) is 209 cm³/mol. The van der Waals surface area contributed by atoms with E-state index in [-0.39, 0.29) is 41.8 Å². The molecule has 300 valence electrons. The molecule has 1 aromatic carbocycles. The molecule has 4 aliphatic rings. The van der Waals surface area contributed by atoms with Gasteiger partial charge >= 0.3 is 12.1 Å². The van der Waals surface area contributed by atoms with Gasteiger partial charge in [0.05, 0.1) is 19.0 Å². The van der Waals surface area contributed by atoms with E-state index >= 15 is 0 Å². The molecular weight excluding hydrogens is 704 g/mol. The molecule has 6 rings (SSSR count). The van der Waals surface area contributed by atoms with E-state index in [4.69, 9.17) is 14.5 Å². The Balaban J connectivity index is 1.11. The van der Waals surface area contributed by atoms with Gasteiger partial charge in [0.1, 0.15) is 29.1 Å². The minimum Gasteiger partial charge on any atom is -0.495 e. The zero-order valence-corrected chi connectivity index (χ0v) is 33.1. The van der Waals surface area contributed by atoms with Crippen LogP contribution in [0.15, 0.2) is 24.4 Å². The average molecular weight is 763 g/mol. The van der Waals surface area contributed by atoms with E-state index in [9.17, 15) is 24.3 Å². The first-order valence-electron chi connectivity index (χ1n) is 19.9. The summed E-state index contributed by atoms with van der Waals surface area (Å²) in [5, 5.41) is 19.3. The highest BCUT2D eigenvalue weighted by molar-refractivity contribution is 6.04. The number of methoxy groups -OCH3 is 1. The first-order valence-corrected chi connectivity index (χ1v) is 19.9. The number of anilines is 4. The van der Waals surface area contributed by atoms with Crippen molar-refractivity contribution in [3.8, 4) is 5.75 Å². The van der Waals surface area contributed by atoms with Gasteiger partial charge in [0, 0.05) is 50.2 Å². The number of amides is 3. The van der Waals surface area contributed by atoms with Crippen molar-refractivity contribution < 1.29 is 33.8 Å². The summed E-state index contributed by atoms with van der Waals surface area (Å²) >= 11 is 0. The van der Waals surface area contributed by atoms with Crippen LogP contribution in [0.25, 0.3) is 0 Å². The number of ether oxygens (including phenoxy) is 2. The molecule has 2 aliphatic heterocycles. The number of rotatable bonds is 13. The van der Waals surface area contributed by atoms with Crippen molar-refractivity contribution in [2.24, 2.45) is 11.8 Å². The SMILES string of the molecule is CC[C@@H]1C(=O)N(C)c2cnc(Nc3ccc(C(=O)NC4CCN(CC(C5CCCC5)[C@H](NC(=O)OC(C)(C)C)C(=O)O)C4)cc3OC)nc2N1C1CCCC1. The molecule has 2 unspecified atom stereocenters. The van der Waals surface area contributed by atoms with Gasteiger partial charge in [0.25, 0.3) is 5.91 Å². The highest BCUT2D eigenvalue weighted by atomic mass is 16.6. The van der Waals surface area contributed by atoms with Crippen LogP contribution in [0.4, 0.5) is 27.9 Å². The molecule has 0 radical (unpaired) electrons. The Morgan fingerprint density at radius 2 is 1.76 bits per heavy atom. The van der Waals surface area contributed by atoms with E-state index in [2.05, 4.69) is 30.7 Å². The molecule has 1 saturated heterocycles. The van der Waals surface area contributed by atoms with Gasteiger partial charge in [-0.2, -0.15) is 4.98 Å². The highest BCUT2D eigenvalue weighted by Crippen LogP contribution is 2.41. The number of hydrogen-bond acceptors (Lipinski definition) is 11. The number of aliphatic carboxylic acids is 1. The van der Waals surface area contributed by atoms with Gasteiger partial charge in [-0.3, -0.25) is 9.59 Å². The summed E-state index contributed by atoms with van der Waals surface area (Å²) in [5.41, 5.74) is 0.965. The third-order valence-electron chi connectivity index (χ3n) is 11.6. The number of likely N-dealkylation sites (tertiary alicyclic amines) is 1. The van der Waals surface area contributed by atoms with Crippen molar-refractivity contribution in [3.05, 3.63) is 30.0 Å². The second-order valence-electron chi connectivity index (χ2n) is 16.5. The molecule has 15 heteroatoms. The minimum absolute atomic E-state index is 0.0553. The fourth-order valence-electron chi connectivity index (χ4n) is 8.88. The second kappa shape index (κ2) is 17.0. The number of fused-ring (bicyclic) bond motifs is 1. The average Bonchev–Trinajstić information content (AvgIpc) is 3.95. The third kappa shape index (κ3) is 9.25. The zero-order chi connectivity index (χ0) is 39.4. The summed E-state index contributed by atoms with van der Waals surface area (Å²) in [6.07, 6.45) is 10.6. The summed E-state index contributed by atoms with van der Waals surface area (Å²) in [6, 6.07) is 3.94. The molecule has 55 heavy (non-hydrogen) atoms. The summed E-state index contributed by atoms with van der Waals surface area (Å²) in [7, 11) is 3.32. The molecule has 2 aliphatic carbocycles. The number of carboxylic acid groups (broad SMARTS) is 1. The number of alkyl carbamates (subject to hydrolysis) is 1. The maximum Gasteiger partial charge on any atom is 0.408 e. The molecule has 3 heterocycles. The van der Waals surface area contributed by atoms with Crippen LogP contribution in [0.2, 0.25) is 0 Å². The Hall–Kier alpha value is -4.66. The van der Waals surface area contributed by atoms with E-state index in [0.717, 1.165) is 57.2 Å². The lowest BCUT2D eigenvalue weighted by molar-refractivity contribution is -0.142. The first-order chi connectivity index (χ1) is 26.3. The molecule has 3 fully saturated rings. The first kappa shape index (κ1) is 40.0. The summed E-state index contributed by atoms with van der Waals surface area (Å²) in [6.45, 7) is 9.03. The van der Waals surface area contributed by atoms with Crippen molar-refractivity contribution >= 4 is 47.0 Å². The number of aromatic nitrogens is 2. The Morgan fingerprint density at radius 1 is 1.05 bits per heavy atom. The quantitative estimate of drug-likeness (QED) is 0.207. The van der Waals surface area contributed by atoms with Crippen molar-refractivity contribution in [3.63, 3.8) is 0 Å². The summed E-state index contributed by atoms with van der Waals surface area (Å²) in [5.74, 6) is 0.166. The molecule has 2 saturated carbocycles. The fourth-order valence-corrected chi connectivity index (χ4v) is 8.88. The van der Waals surface area contributed by atoms with Crippen LogP contribution in [0.5, 0.6) is 5.75 Å². The van der Waals surface area contributed by atoms with Crippen LogP contribution in [0.1, 0.15) is 102 Å². The number of carboxylic acids is 1. The lowest BCUT2D eigenvalue weighted by Crippen LogP contribution is -2.55. The Morgan fingerprint density at radius 3 is 2.42 bits per heavy atom. The van der Waals surface area contributed by atoms with Crippen LogP contribution in [0, 0.1) is 11.8 Å². The molecule has 4 N–H and O–H groups in total. The van der Waals surface area contributed by atoms with Gasteiger partial charge < -0.3 is 45.2 Å². The van der Waals surface area contributed by atoms with Gasteiger partial charge in [0.2, 0.25) is 11.9 Å². The molecule has 4 atom stereocenters. The zero-order valence-electron chi connectivity index (χ0n) is 33.1. The van der Waals surface area contributed by atoms with E-state index in [0.29, 0.717) is 61.1 Å². The topological polar surface area (TPSA) is 179 Å². The second-order valence-corrected chi connectivity index (χ2v) is 16.5. The molecule has 0 bridgehead atoms. The normalized spacial score (nSPS) is 22.0. The van der Waals surface area contributed by atoms with Gasteiger partial charge in [-0.25, -0.2) is 14.6 Å². The van der Waals surface area contributed by atoms with Gasteiger partial charge in [0.15, 0.2) is 5.82 Å². The summed E-state index contributed by atoms with van der Waals surface area (Å²) in [4.78, 5) is 67.5. The van der Waals surface area contributed by atoms with Gasteiger partial charge in [-0.1, -0.05) is 45.4 Å². The fraction of sp³-hybridized carbons (Fsp3) is 0.650. The number of benzene rings is 1. The maximum absolute atomic E-state index is 13.5. The number of nitrogens with zero attached hydrogens (tertiary/aromatic N) is 5. The van der Waals surface area contributed by atoms with E-state index in [1.807, 2.05) is 6.92 Å². The number of nitrogens with one attached hydrogen (secondary N) is 3. The Kier molecular flexibility index (Phi) is 12.4. The van der Waals surface area contributed by atoms with Crippen LogP contribution < -0.4 is 30.5 Å². The van der Waals surface area contributed by atoms with Crippen LogP contribution >= 0.6 is 0 Å². The summed E-state index contributed by atoms with van der Waals surface area (Å²) < 4.78 is 11.1. The van der Waals surface area contributed by atoms with Crippen molar-refractivity contribution in [1.29, 1.82) is 0 Å². The molecule has 1 aromatic heterocycles. The number of hydrogen-bond donors (Lipinski definition) is 4. The van der Waals surface area contributed by atoms with Crippen molar-refractivity contribution in [2.75, 3.05) is 48.9 Å². The monoisotopic (exact) mass is 762 g/mol. The molecule has 2 aromatic rings. The molecular formula is C40H58N8O7. The number of carbonyl (C=O) groups excluding carboxylic acids is 3. The maximum atomic E-state index is 13.5. The van der Waals surface area contributed by atoms with Crippen LogP contribution in [-0.4, -0.2) is 107 Å². The smallest absolute Gasteiger partial charge is 0.408 e. The minimum atomic E-state index is -1.08. The lowest BCUT2D eigenvalue weighted by Gasteiger charge is -2.43.